The van der Waals surface area contributed by atoms with Crippen LogP contribution in [0.3, 0.4) is 0 Å². The van der Waals surface area contributed by atoms with Gasteiger partial charge in [0.2, 0.25) is 5.95 Å². The van der Waals surface area contributed by atoms with E-state index in [1.807, 2.05) is 24.9 Å². The fraction of sp³-hybridized carbons (Fsp3) is 0.542. The van der Waals surface area contributed by atoms with Gasteiger partial charge in [0.15, 0.2) is 6.23 Å². The third-order valence-electron chi connectivity index (χ3n) is 6.67. The third kappa shape index (κ3) is 4.74. The number of aliphatic imine (C=N–C) groups is 1. The number of aromatic nitrogens is 2. The average molecular weight is 453 g/mol. The number of nitrogens with zero attached hydrogens (tertiary/aromatic N) is 5. The number of aliphatic hydroxyl groups excluding tert-OH is 1. The number of nitrogens with one attached hydrogen (secondary N) is 1. The molecule has 3 aliphatic rings. The van der Waals surface area contributed by atoms with Crippen LogP contribution in [-0.2, 0) is 4.74 Å². The molecule has 0 bridgehead atoms. The third-order valence-corrected chi connectivity index (χ3v) is 6.67. The monoisotopic (exact) mass is 452 g/mol. The molecular weight excluding hydrogens is 420 g/mol. The van der Waals surface area contributed by atoms with Crippen LogP contribution in [0.15, 0.2) is 35.6 Å². The number of rotatable bonds is 5. The van der Waals surface area contributed by atoms with E-state index in [0.29, 0.717) is 17.7 Å². The van der Waals surface area contributed by atoms with Crippen molar-refractivity contribution in [1.29, 1.82) is 0 Å². The number of benzene rings is 1. The molecule has 33 heavy (non-hydrogen) atoms. The zero-order valence-corrected chi connectivity index (χ0v) is 19.3. The van der Waals surface area contributed by atoms with Crippen molar-refractivity contribution < 1.29 is 14.6 Å². The van der Waals surface area contributed by atoms with Crippen molar-refractivity contribution >= 4 is 28.7 Å². The van der Waals surface area contributed by atoms with Crippen LogP contribution in [0.4, 0.5) is 23.0 Å². The first-order valence-electron chi connectivity index (χ1n) is 11.8. The zero-order chi connectivity index (χ0) is 22.8. The quantitative estimate of drug-likeness (QED) is 0.715. The molecule has 1 aromatic heterocycles. The minimum Gasteiger partial charge on any atom is -0.488 e. The molecular formula is C24H32N6O3. The zero-order valence-electron chi connectivity index (χ0n) is 19.3. The summed E-state index contributed by atoms with van der Waals surface area (Å²) in [6, 6.07) is 6.37. The summed E-state index contributed by atoms with van der Waals surface area (Å²) in [6.07, 6.45) is 6.73. The molecule has 2 fully saturated rings. The minimum absolute atomic E-state index is 0.112. The average Bonchev–Trinajstić information content (AvgIpc) is 2.85. The predicted molar refractivity (Wildman–Crippen MR) is 129 cm³/mol. The summed E-state index contributed by atoms with van der Waals surface area (Å²) in [5.74, 6) is 1.47. The van der Waals surface area contributed by atoms with Crippen molar-refractivity contribution in [2.75, 3.05) is 48.5 Å². The van der Waals surface area contributed by atoms with E-state index in [1.165, 1.54) is 0 Å². The fourth-order valence-electron chi connectivity index (χ4n) is 4.82. The molecule has 2 aromatic rings. The number of hydrogen-bond acceptors (Lipinski definition) is 9. The second-order valence-electron chi connectivity index (χ2n) is 8.96. The molecule has 5 rings (SSSR count). The Labute approximate surface area is 194 Å². The predicted octanol–water partition coefficient (Wildman–Crippen LogP) is 2.98. The topological polar surface area (TPSA) is 95.3 Å². The Morgan fingerprint density at radius 3 is 2.55 bits per heavy atom. The Balaban J connectivity index is 1.34. The largest absolute Gasteiger partial charge is 0.488 e. The fourth-order valence-corrected chi connectivity index (χ4v) is 4.82. The molecule has 3 heterocycles. The Kier molecular flexibility index (Phi) is 6.32. The second-order valence-corrected chi connectivity index (χ2v) is 8.96. The SMILES string of the molecule is CC1=Nc2cc(N3CCOCC3)cc(O[C@H]3CC[C@@H](Nc4ncccn4)CC3)c2N(C)C1O. The number of anilines is 3. The Morgan fingerprint density at radius 1 is 1.09 bits per heavy atom. The van der Waals surface area contributed by atoms with Crippen LogP contribution < -0.4 is 19.9 Å². The van der Waals surface area contributed by atoms with Crippen molar-refractivity contribution in [2.24, 2.45) is 4.99 Å². The van der Waals surface area contributed by atoms with E-state index in [0.717, 1.165) is 74.8 Å². The van der Waals surface area contributed by atoms with E-state index in [4.69, 9.17) is 14.5 Å². The summed E-state index contributed by atoms with van der Waals surface area (Å²) >= 11 is 0. The van der Waals surface area contributed by atoms with Crippen molar-refractivity contribution in [3.8, 4) is 5.75 Å². The van der Waals surface area contributed by atoms with Crippen LogP contribution >= 0.6 is 0 Å². The standard InChI is InChI=1S/C24H32N6O3/c1-16-23(31)29(2)22-20(27-16)14-18(30-10-12-32-13-11-30)15-21(22)33-19-6-4-17(5-7-19)28-24-25-8-3-9-26-24/h3,8-9,14-15,17,19,23,31H,4-7,10-13H2,1-2H3,(H,25,26,28)/t17-,19+,23?. The van der Waals surface area contributed by atoms with Crippen molar-refractivity contribution in [3.63, 3.8) is 0 Å². The minimum atomic E-state index is -0.750. The lowest BCUT2D eigenvalue weighted by atomic mass is 9.93. The summed E-state index contributed by atoms with van der Waals surface area (Å²) in [6.45, 7) is 4.98. The summed E-state index contributed by atoms with van der Waals surface area (Å²) in [7, 11) is 1.89. The number of aliphatic hydroxyl groups is 1. The van der Waals surface area contributed by atoms with E-state index in [-0.39, 0.29) is 6.10 Å². The van der Waals surface area contributed by atoms with E-state index < -0.39 is 6.23 Å². The normalized spacial score (nSPS) is 25.3. The maximum absolute atomic E-state index is 10.6. The molecule has 1 aliphatic carbocycles. The smallest absolute Gasteiger partial charge is 0.222 e. The van der Waals surface area contributed by atoms with Gasteiger partial charge in [0.05, 0.1) is 30.7 Å². The molecule has 9 nitrogen and oxygen atoms in total. The highest BCUT2D eigenvalue weighted by molar-refractivity contribution is 5.98. The Hall–Kier alpha value is -2.91. The maximum Gasteiger partial charge on any atom is 0.222 e. The van der Waals surface area contributed by atoms with Gasteiger partial charge >= 0.3 is 0 Å². The van der Waals surface area contributed by atoms with Gasteiger partial charge in [-0.2, -0.15) is 0 Å². The van der Waals surface area contributed by atoms with Crippen molar-refractivity contribution in [1.82, 2.24) is 9.97 Å². The van der Waals surface area contributed by atoms with Gasteiger partial charge in [0.1, 0.15) is 11.4 Å². The highest BCUT2D eigenvalue weighted by atomic mass is 16.5. The van der Waals surface area contributed by atoms with Crippen LogP contribution in [0.25, 0.3) is 0 Å². The highest BCUT2D eigenvalue weighted by Crippen LogP contribution is 2.45. The van der Waals surface area contributed by atoms with Crippen molar-refractivity contribution in [2.45, 2.75) is 51.0 Å². The van der Waals surface area contributed by atoms with E-state index in [1.54, 1.807) is 12.4 Å². The molecule has 1 atom stereocenters. The van der Waals surface area contributed by atoms with Gasteiger partial charge in [-0.25, -0.2) is 9.97 Å². The Bertz CT molecular complexity index is 987. The molecule has 176 valence electrons. The summed E-state index contributed by atoms with van der Waals surface area (Å²) in [5.41, 5.74) is 3.47. The lowest BCUT2D eigenvalue weighted by Crippen LogP contribution is -2.40. The summed E-state index contributed by atoms with van der Waals surface area (Å²) in [4.78, 5) is 17.4. The summed E-state index contributed by atoms with van der Waals surface area (Å²) in [5, 5.41) is 14.0. The van der Waals surface area contributed by atoms with Gasteiger partial charge in [-0.1, -0.05) is 0 Å². The van der Waals surface area contributed by atoms with Gasteiger partial charge < -0.3 is 29.7 Å². The van der Waals surface area contributed by atoms with Gasteiger partial charge in [-0.15, -0.1) is 0 Å². The lowest BCUT2D eigenvalue weighted by Gasteiger charge is -2.36. The summed E-state index contributed by atoms with van der Waals surface area (Å²) < 4.78 is 12.1. The van der Waals surface area contributed by atoms with E-state index in [9.17, 15) is 5.11 Å². The van der Waals surface area contributed by atoms with Gasteiger partial charge in [0, 0.05) is 50.3 Å². The van der Waals surface area contributed by atoms with Crippen molar-refractivity contribution in [3.05, 3.63) is 30.6 Å². The van der Waals surface area contributed by atoms with E-state index in [2.05, 4.69) is 32.3 Å². The molecule has 0 amide bonds. The molecule has 1 unspecified atom stereocenters. The van der Waals surface area contributed by atoms with Gasteiger partial charge in [0.25, 0.3) is 0 Å². The first-order valence-corrected chi connectivity index (χ1v) is 11.8. The molecule has 2 aliphatic heterocycles. The van der Waals surface area contributed by atoms with Gasteiger partial charge in [-0.05, 0) is 44.7 Å². The van der Waals surface area contributed by atoms with Crippen LogP contribution in [0.1, 0.15) is 32.6 Å². The molecule has 1 aromatic carbocycles. The van der Waals surface area contributed by atoms with Crippen LogP contribution in [0.5, 0.6) is 5.75 Å². The number of hydrogen-bond donors (Lipinski definition) is 2. The number of ether oxygens (including phenoxy) is 2. The number of fused-ring (bicyclic) bond motifs is 1. The number of morpholine rings is 1. The lowest BCUT2D eigenvalue weighted by molar-refractivity contribution is 0.122. The molecule has 1 saturated heterocycles. The van der Waals surface area contributed by atoms with E-state index >= 15 is 0 Å². The molecule has 2 N–H and O–H groups in total. The second kappa shape index (κ2) is 9.52. The van der Waals surface area contributed by atoms with Crippen LogP contribution in [-0.4, -0.2) is 72.5 Å². The maximum atomic E-state index is 10.6. The first-order chi connectivity index (χ1) is 16.1. The molecule has 9 heteroatoms. The Morgan fingerprint density at radius 2 is 1.82 bits per heavy atom. The molecule has 0 radical (unpaired) electrons. The molecule has 0 spiro atoms. The van der Waals surface area contributed by atoms with Crippen LogP contribution in [0.2, 0.25) is 0 Å². The van der Waals surface area contributed by atoms with Gasteiger partial charge in [-0.3, -0.25) is 4.99 Å². The van der Waals surface area contributed by atoms with Crippen LogP contribution in [0, 0.1) is 0 Å². The molecule has 1 saturated carbocycles. The highest BCUT2D eigenvalue weighted by Gasteiger charge is 2.30. The first kappa shape index (κ1) is 21.9.